The molecule has 1 aliphatic rings. The lowest BCUT2D eigenvalue weighted by Gasteiger charge is -2.13. The standard InChI is InChI=1S/C18H18N6O3/c1-26-12-5-4-11-14(15(12)27-2)22-18(24-8-7-20-16(11)24)23-17(25)10-3-6-13(19)21-9-10/h3-6,9,20H,7-8H2,1-2H3,(H2,19,21). The van der Waals surface area contributed by atoms with Gasteiger partial charge in [0.05, 0.1) is 19.8 Å². The summed E-state index contributed by atoms with van der Waals surface area (Å²) in [6.07, 6.45) is 1.40. The molecule has 0 saturated heterocycles. The van der Waals surface area contributed by atoms with Crippen LogP contribution in [0.4, 0.5) is 11.6 Å². The van der Waals surface area contributed by atoms with Gasteiger partial charge in [0, 0.05) is 24.7 Å². The van der Waals surface area contributed by atoms with Crippen molar-refractivity contribution in [1.82, 2.24) is 14.5 Å². The van der Waals surface area contributed by atoms with E-state index in [1.54, 1.807) is 26.4 Å². The lowest BCUT2D eigenvalue weighted by Crippen LogP contribution is -2.25. The molecule has 0 aliphatic carbocycles. The average molecular weight is 366 g/mol. The minimum atomic E-state index is -0.446. The number of hydrogen-bond donors (Lipinski definition) is 2. The molecule has 9 nitrogen and oxygen atoms in total. The van der Waals surface area contributed by atoms with Gasteiger partial charge in [-0.1, -0.05) is 0 Å². The van der Waals surface area contributed by atoms with Gasteiger partial charge in [-0.25, -0.2) is 9.97 Å². The fraction of sp³-hybridized carbons (Fsp3) is 0.222. The number of methoxy groups -OCH3 is 2. The van der Waals surface area contributed by atoms with E-state index in [1.165, 1.54) is 6.20 Å². The van der Waals surface area contributed by atoms with Gasteiger partial charge in [-0.05, 0) is 24.3 Å². The minimum Gasteiger partial charge on any atom is -0.493 e. The van der Waals surface area contributed by atoms with Gasteiger partial charge in [-0.3, -0.25) is 9.36 Å². The fourth-order valence-corrected chi connectivity index (χ4v) is 3.08. The van der Waals surface area contributed by atoms with Crippen molar-refractivity contribution in [2.75, 3.05) is 31.8 Å². The van der Waals surface area contributed by atoms with Crippen molar-refractivity contribution in [2.45, 2.75) is 6.54 Å². The second kappa shape index (κ2) is 6.60. The third-order valence-electron chi connectivity index (χ3n) is 4.36. The van der Waals surface area contributed by atoms with E-state index in [4.69, 9.17) is 15.2 Å². The number of nitrogens with one attached hydrogen (secondary N) is 1. The topological polar surface area (TPSA) is 117 Å². The Bertz CT molecular complexity index is 1100. The fourth-order valence-electron chi connectivity index (χ4n) is 3.08. The predicted octanol–water partition coefficient (Wildman–Crippen LogP) is 1.20. The van der Waals surface area contributed by atoms with Crippen molar-refractivity contribution >= 4 is 28.4 Å². The first-order valence-corrected chi connectivity index (χ1v) is 8.32. The summed E-state index contributed by atoms with van der Waals surface area (Å²) in [5.74, 6) is 1.78. The first kappa shape index (κ1) is 16.8. The Kier molecular flexibility index (Phi) is 4.11. The van der Waals surface area contributed by atoms with Crippen LogP contribution in [-0.4, -0.2) is 41.2 Å². The molecule has 0 saturated carbocycles. The van der Waals surface area contributed by atoms with Crippen LogP contribution >= 0.6 is 0 Å². The molecule has 9 heteroatoms. The SMILES string of the molecule is COc1ccc2c3n(c(=NC(=O)c4ccc(N)nc4)nc2c1OC)CCN3. The van der Waals surface area contributed by atoms with Gasteiger partial charge in [0.15, 0.2) is 11.5 Å². The van der Waals surface area contributed by atoms with Gasteiger partial charge >= 0.3 is 0 Å². The van der Waals surface area contributed by atoms with E-state index in [0.29, 0.717) is 34.9 Å². The minimum absolute atomic E-state index is 0.288. The van der Waals surface area contributed by atoms with Gasteiger partial charge in [0.2, 0.25) is 5.62 Å². The molecular weight excluding hydrogens is 348 g/mol. The summed E-state index contributed by atoms with van der Waals surface area (Å²) in [5, 5.41) is 4.19. The van der Waals surface area contributed by atoms with E-state index < -0.39 is 5.91 Å². The molecule has 3 aromatic rings. The Balaban J connectivity index is 1.95. The Morgan fingerprint density at radius 3 is 2.81 bits per heavy atom. The molecular formula is C18H18N6O3. The normalized spacial score (nSPS) is 13.3. The van der Waals surface area contributed by atoms with Crippen LogP contribution in [0.2, 0.25) is 0 Å². The van der Waals surface area contributed by atoms with Gasteiger partial charge in [-0.15, -0.1) is 0 Å². The molecule has 27 heavy (non-hydrogen) atoms. The van der Waals surface area contributed by atoms with Crippen molar-refractivity contribution in [1.29, 1.82) is 0 Å². The van der Waals surface area contributed by atoms with E-state index in [-0.39, 0.29) is 5.62 Å². The lowest BCUT2D eigenvalue weighted by atomic mass is 10.2. The number of aromatic nitrogens is 3. The summed E-state index contributed by atoms with van der Waals surface area (Å²) in [5.41, 5.74) is 6.77. The maximum Gasteiger partial charge on any atom is 0.281 e. The number of nitrogens with two attached hydrogens (primary N) is 1. The van der Waals surface area contributed by atoms with E-state index in [0.717, 1.165) is 17.7 Å². The third-order valence-corrected chi connectivity index (χ3v) is 4.36. The van der Waals surface area contributed by atoms with Crippen molar-refractivity contribution in [3.05, 3.63) is 41.6 Å². The molecule has 0 spiro atoms. The Hall–Kier alpha value is -3.62. The van der Waals surface area contributed by atoms with Crippen LogP contribution in [-0.2, 0) is 6.54 Å². The second-order valence-corrected chi connectivity index (χ2v) is 5.92. The number of anilines is 2. The van der Waals surface area contributed by atoms with Crippen LogP contribution < -0.4 is 26.1 Å². The van der Waals surface area contributed by atoms with Crippen LogP contribution in [0.15, 0.2) is 35.5 Å². The monoisotopic (exact) mass is 366 g/mol. The van der Waals surface area contributed by atoms with Gasteiger partial charge < -0.3 is 20.5 Å². The van der Waals surface area contributed by atoms with Gasteiger partial charge in [-0.2, -0.15) is 4.99 Å². The number of amides is 1. The Morgan fingerprint density at radius 2 is 2.11 bits per heavy atom. The maximum absolute atomic E-state index is 12.6. The number of ether oxygens (including phenoxy) is 2. The molecule has 0 radical (unpaired) electrons. The molecule has 0 unspecified atom stereocenters. The summed E-state index contributed by atoms with van der Waals surface area (Å²) in [4.78, 5) is 25.3. The summed E-state index contributed by atoms with van der Waals surface area (Å²) in [7, 11) is 3.11. The van der Waals surface area contributed by atoms with Crippen molar-refractivity contribution in [3.63, 3.8) is 0 Å². The number of benzene rings is 1. The van der Waals surface area contributed by atoms with Crippen LogP contribution in [0.1, 0.15) is 10.4 Å². The first-order chi connectivity index (χ1) is 13.1. The summed E-state index contributed by atoms with van der Waals surface area (Å²) < 4.78 is 12.7. The number of fused-ring (bicyclic) bond motifs is 3. The lowest BCUT2D eigenvalue weighted by molar-refractivity contribution is 0.0996. The van der Waals surface area contributed by atoms with Crippen LogP contribution in [0, 0.1) is 0 Å². The highest BCUT2D eigenvalue weighted by Crippen LogP contribution is 2.36. The largest absolute Gasteiger partial charge is 0.493 e. The molecule has 1 aromatic carbocycles. The molecule has 0 atom stereocenters. The van der Waals surface area contributed by atoms with E-state index in [9.17, 15) is 4.79 Å². The van der Waals surface area contributed by atoms with E-state index in [2.05, 4.69) is 20.3 Å². The molecule has 138 valence electrons. The number of carbonyl (C=O) groups excluding carboxylic acids is 1. The van der Waals surface area contributed by atoms with Crippen molar-refractivity contribution in [3.8, 4) is 11.5 Å². The number of nitrogen functional groups attached to an aromatic ring is 1. The Morgan fingerprint density at radius 1 is 1.26 bits per heavy atom. The first-order valence-electron chi connectivity index (χ1n) is 8.32. The summed E-state index contributed by atoms with van der Waals surface area (Å²) >= 11 is 0. The zero-order valence-electron chi connectivity index (χ0n) is 14.9. The van der Waals surface area contributed by atoms with Gasteiger partial charge in [0.25, 0.3) is 5.91 Å². The highest BCUT2D eigenvalue weighted by Gasteiger charge is 2.20. The number of pyridine rings is 1. The highest BCUT2D eigenvalue weighted by atomic mass is 16.5. The molecule has 0 bridgehead atoms. The maximum atomic E-state index is 12.6. The number of rotatable bonds is 3. The van der Waals surface area contributed by atoms with E-state index >= 15 is 0 Å². The van der Waals surface area contributed by atoms with Crippen LogP contribution in [0.5, 0.6) is 11.5 Å². The molecule has 0 fully saturated rings. The van der Waals surface area contributed by atoms with E-state index in [1.807, 2.05) is 16.7 Å². The summed E-state index contributed by atoms with van der Waals surface area (Å²) in [6.45, 7) is 1.37. The Labute approximate surface area is 154 Å². The number of hydrogen-bond acceptors (Lipinski definition) is 7. The molecule has 3 N–H and O–H groups in total. The molecule has 4 rings (SSSR count). The smallest absolute Gasteiger partial charge is 0.281 e. The number of carbonyl (C=O) groups is 1. The molecule has 1 amide bonds. The average Bonchev–Trinajstić information content (AvgIpc) is 3.18. The molecule has 3 heterocycles. The zero-order valence-corrected chi connectivity index (χ0v) is 14.9. The molecule has 2 aromatic heterocycles. The van der Waals surface area contributed by atoms with Gasteiger partial charge in [0.1, 0.15) is 17.2 Å². The van der Waals surface area contributed by atoms with Crippen molar-refractivity contribution in [2.24, 2.45) is 4.99 Å². The quantitative estimate of drug-likeness (QED) is 0.715. The third kappa shape index (κ3) is 2.82. The molecule has 1 aliphatic heterocycles. The number of nitrogens with zero attached hydrogens (tertiary/aromatic N) is 4. The van der Waals surface area contributed by atoms with Crippen LogP contribution in [0.25, 0.3) is 10.9 Å². The zero-order chi connectivity index (χ0) is 19.0. The predicted molar refractivity (Wildman–Crippen MR) is 99.9 cm³/mol. The van der Waals surface area contributed by atoms with Crippen molar-refractivity contribution < 1.29 is 14.3 Å². The highest BCUT2D eigenvalue weighted by molar-refractivity contribution is 5.96. The van der Waals surface area contributed by atoms with Crippen LogP contribution in [0.3, 0.4) is 0 Å². The summed E-state index contributed by atoms with van der Waals surface area (Å²) in [6, 6.07) is 6.88. The second-order valence-electron chi connectivity index (χ2n) is 5.92.